The lowest BCUT2D eigenvalue weighted by Gasteiger charge is -2.35. The summed E-state index contributed by atoms with van der Waals surface area (Å²) < 4.78 is 5.95. The number of aliphatic hydroxyl groups excluding tert-OH is 1. The van der Waals surface area contributed by atoms with Crippen molar-refractivity contribution in [1.82, 2.24) is 0 Å². The molecule has 3 heteroatoms. The van der Waals surface area contributed by atoms with Crippen molar-refractivity contribution in [1.29, 1.82) is 0 Å². The van der Waals surface area contributed by atoms with Crippen molar-refractivity contribution in [3.05, 3.63) is 12.2 Å². The summed E-state index contributed by atoms with van der Waals surface area (Å²) in [6, 6.07) is 0. The van der Waals surface area contributed by atoms with Crippen molar-refractivity contribution < 1.29 is 14.6 Å². The number of aliphatic hydroxyl groups is 1. The van der Waals surface area contributed by atoms with Crippen molar-refractivity contribution in [2.45, 2.75) is 70.5 Å². The molecule has 0 radical (unpaired) electrons. The van der Waals surface area contributed by atoms with Crippen LogP contribution < -0.4 is 0 Å². The van der Waals surface area contributed by atoms with Crippen LogP contribution in [0.4, 0.5) is 0 Å². The smallest absolute Gasteiger partial charge is 0.310 e. The zero-order chi connectivity index (χ0) is 15.0. The second-order valence-electron chi connectivity index (χ2n) is 7.77. The number of esters is 1. The molecule has 3 nitrogen and oxygen atoms in total. The van der Waals surface area contributed by atoms with E-state index in [1.54, 1.807) is 0 Å². The zero-order valence-electron chi connectivity index (χ0n) is 13.3. The Kier molecular flexibility index (Phi) is 4.13. The molecule has 1 N–H and O–H groups in total. The lowest BCUT2D eigenvalue weighted by molar-refractivity contribution is -0.168. The molecule has 0 aromatic carbocycles. The lowest BCUT2D eigenvalue weighted by atomic mass is 9.84. The molecule has 5 unspecified atom stereocenters. The highest BCUT2D eigenvalue weighted by molar-refractivity contribution is 5.74. The molecule has 3 rings (SSSR count). The molecular formula is C18H28O3. The van der Waals surface area contributed by atoms with E-state index >= 15 is 0 Å². The fraction of sp³-hybridized carbons (Fsp3) is 0.833. The maximum absolute atomic E-state index is 12.5. The van der Waals surface area contributed by atoms with Gasteiger partial charge in [0, 0.05) is 0 Å². The first-order chi connectivity index (χ1) is 9.95. The first-order valence-electron chi connectivity index (χ1n) is 8.55. The van der Waals surface area contributed by atoms with Gasteiger partial charge in [0.05, 0.1) is 12.0 Å². The molecule has 3 aliphatic rings. The predicted octanol–water partition coefficient (Wildman–Crippen LogP) is 3.46. The summed E-state index contributed by atoms with van der Waals surface area (Å²) >= 11 is 0. The molecule has 0 heterocycles. The standard InChI is InChI=1S/C18H28O3/c1-18(2,14-4-3-5-15(19)9-8-14)21-17(20)16-11-12-6-7-13(16)10-12/h6-7,12-16,19H,3-5,8-11H2,1-2H3. The van der Waals surface area contributed by atoms with E-state index in [0.717, 1.165) is 44.9 Å². The van der Waals surface area contributed by atoms with Gasteiger partial charge in [0.25, 0.3) is 0 Å². The van der Waals surface area contributed by atoms with Crippen molar-refractivity contribution in [3.8, 4) is 0 Å². The quantitative estimate of drug-likeness (QED) is 0.492. The highest BCUT2D eigenvalue weighted by Gasteiger charge is 2.43. The van der Waals surface area contributed by atoms with E-state index < -0.39 is 5.60 Å². The Hall–Kier alpha value is -0.830. The van der Waals surface area contributed by atoms with Crippen LogP contribution in [0.3, 0.4) is 0 Å². The molecule has 0 aromatic rings. The normalized spacial score (nSPS) is 39.3. The second kappa shape index (κ2) is 5.75. The fourth-order valence-corrected chi connectivity index (χ4v) is 4.45. The monoisotopic (exact) mass is 292 g/mol. The first-order valence-corrected chi connectivity index (χ1v) is 8.55. The van der Waals surface area contributed by atoms with Crippen molar-refractivity contribution >= 4 is 5.97 Å². The molecule has 0 spiro atoms. The van der Waals surface area contributed by atoms with Crippen LogP contribution in [-0.2, 0) is 9.53 Å². The average molecular weight is 292 g/mol. The second-order valence-corrected chi connectivity index (χ2v) is 7.77. The first kappa shape index (κ1) is 15.1. The van der Waals surface area contributed by atoms with Crippen molar-refractivity contribution in [3.63, 3.8) is 0 Å². The van der Waals surface area contributed by atoms with E-state index in [0.29, 0.717) is 17.8 Å². The van der Waals surface area contributed by atoms with E-state index in [9.17, 15) is 9.90 Å². The van der Waals surface area contributed by atoms with E-state index in [1.807, 2.05) is 0 Å². The Morgan fingerprint density at radius 1 is 1.14 bits per heavy atom. The number of rotatable bonds is 3. The van der Waals surface area contributed by atoms with Crippen LogP contribution in [-0.4, -0.2) is 22.8 Å². The highest BCUT2D eigenvalue weighted by Crippen LogP contribution is 2.45. The van der Waals surface area contributed by atoms with Crippen LogP contribution >= 0.6 is 0 Å². The minimum absolute atomic E-state index is 0.00152. The predicted molar refractivity (Wildman–Crippen MR) is 81.6 cm³/mol. The number of fused-ring (bicyclic) bond motifs is 2. The van der Waals surface area contributed by atoms with Gasteiger partial charge in [0.1, 0.15) is 5.60 Å². The van der Waals surface area contributed by atoms with Crippen LogP contribution in [0.1, 0.15) is 58.8 Å². The maximum Gasteiger partial charge on any atom is 0.310 e. The van der Waals surface area contributed by atoms with Crippen molar-refractivity contribution in [2.24, 2.45) is 23.7 Å². The van der Waals surface area contributed by atoms with Gasteiger partial charge in [-0.15, -0.1) is 0 Å². The van der Waals surface area contributed by atoms with E-state index in [2.05, 4.69) is 26.0 Å². The third-order valence-corrected chi connectivity index (χ3v) is 5.87. The highest BCUT2D eigenvalue weighted by atomic mass is 16.6. The molecule has 0 saturated heterocycles. The van der Waals surface area contributed by atoms with Gasteiger partial charge in [-0.05, 0) is 70.1 Å². The summed E-state index contributed by atoms with van der Waals surface area (Å²) in [5, 5.41) is 9.78. The number of hydrogen-bond acceptors (Lipinski definition) is 3. The summed E-state index contributed by atoms with van der Waals surface area (Å²) in [5.74, 6) is 1.46. The summed E-state index contributed by atoms with van der Waals surface area (Å²) in [7, 11) is 0. The molecule has 5 atom stereocenters. The van der Waals surface area contributed by atoms with Crippen LogP contribution in [0.25, 0.3) is 0 Å². The van der Waals surface area contributed by atoms with Gasteiger partial charge in [-0.25, -0.2) is 0 Å². The molecule has 2 bridgehead atoms. The summed E-state index contributed by atoms with van der Waals surface area (Å²) in [6.45, 7) is 4.10. The Bertz CT molecular complexity index is 426. The molecule has 21 heavy (non-hydrogen) atoms. The topological polar surface area (TPSA) is 46.5 Å². The number of hydrogen-bond donors (Lipinski definition) is 1. The number of ether oxygens (including phenoxy) is 1. The van der Waals surface area contributed by atoms with Gasteiger partial charge in [-0.1, -0.05) is 18.6 Å². The SMILES string of the molecule is CC(C)(OC(=O)C1CC2C=CC1C2)C1CCCC(O)CC1. The lowest BCUT2D eigenvalue weighted by Crippen LogP contribution is -2.39. The number of carbonyl (C=O) groups is 1. The minimum atomic E-state index is -0.410. The van der Waals surface area contributed by atoms with Gasteiger partial charge in [0.2, 0.25) is 0 Å². The third-order valence-electron chi connectivity index (χ3n) is 5.87. The summed E-state index contributed by atoms with van der Waals surface area (Å²) in [6.07, 6.45) is 11.2. The van der Waals surface area contributed by atoms with E-state index in [-0.39, 0.29) is 18.0 Å². The molecule has 0 amide bonds. The molecular weight excluding hydrogens is 264 g/mol. The van der Waals surface area contributed by atoms with Crippen LogP contribution in [0.15, 0.2) is 12.2 Å². The number of carbonyl (C=O) groups excluding carboxylic acids is 1. The van der Waals surface area contributed by atoms with Crippen LogP contribution in [0.5, 0.6) is 0 Å². The maximum atomic E-state index is 12.5. The molecule has 0 aliphatic heterocycles. The van der Waals surface area contributed by atoms with Gasteiger partial charge in [0.15, 0.2) is 0 Å². The largest absolute Gasteiger partial charge is 0.459 e. The van der Waals surface area contributed by atoms with Gasteiger partial charge < -0.3 is 9.84 Å². The third kappa shape index (κ3) is 3.18. The Balaban J connectivity index is 1.60. The summed E-state index contributed by atoms with van der Waals surface area (Å²) in [5.41, 5.74) is -0.410. The van der Waals surface area contributed by atoms with E-state index in [1.165, 1.54) is 0 Å². The molecule has 118 valence electrons. The van der Waals surface area contributed by atoms with E-state index in [4.69, 9.17) is 4.74 Å². The van der Waals surface area contributed by atoms with Crippen molar-refractivity contribution in [2.75, 3.05) is 0 Å². The van der Waals surface area contributed by atoms with Gasteiger partial charge in [-0.2, -0.15) is 0 Å². The molecule has 0 aromatic heterocycles. The Labute approximate surface area is 127 Å². The molecule has 3 aliphatic carbocycles. The van der Waals surface area contributed by atoms with Gasteiger partial charge in [-0.3, -0.25) is 4.79 Å². The molecule has 2 saturated carbocycles. The summed E-state index contributed by atoms with van der Waals surface area (Å²) in [4.78, 5) is 12.5. The zero-order valence-corrected chi connectivity index (χ0v) is 13.3. The molecule has 2 fully saturated rings. The Morgan fingerprint density at radius 2 is 1.95 bits per heavy atom. The Morgan fingerprint density at radius 3 is 2.62 bits per heavy atom. The fourth-order valence-electron chi connectivity index (χ4n) is 4.45. The number of allylic oxidation sites excluding steroid dienone is 2. The minimum Gasteiger partial charge on any atom is -0.459 e. The van der Waals surface area contributed by atoms with Gasteiger partial charge >= 0.3 is 5.97 Å². The van der Waals surface area contributed by atoms with Crippen LogP contribution in [0, 0.1) is 23.7 Å². The average Bonchev–Trinajstić information content (AvgIpc) is 2.98. The van der Waals surface area contributed by atoms with Crippen LogP contribution in [0.2, 0.25) is 0 Å².